The van der Waals surface area contributed by atoms with Gasteiger partial charge >= 0.3 is 5.69 Å². The second kappa shape index (κ2) is 6.68. The van der Waals surface area contributed by atoms with E-state index in [1.54, 1.807) is 4.90 Å². The molecule has 0 unspecified atom stereocenters. The van der Waals surface area contributed by atoms with Crippen LogP contribution in [-0.2, 0) is 0 Å². The summed E-state index contributed by atoms with van der Waals surface area (Å²) in [6.45, 7) is 6.11. The van der Waals surface area contributed by atoms with Crippen LogP contribution in [0.3, 0.4) is 0 Å². The van der Waals surface area contributed by atoms with Gasteiger partial charge in [0.25, 0.3) is 0 Å². The Balaban J connectivity index is 2.23. The van der Waals surface area contributed by atoms with Crippen molar-refractivity contribution < 1.29 is 4.92 Å². The van der Waals surface area contributed by atoms with Gasteiger partial charge in [-0.3, -0.25) is 10.1 Å². The minimum Gasteiger partial charge on any atom is -0.321 e. The van der Waals surface area contributed by atoms with Gasteiger partial charge in [-0.05, 0) is 39.0 Å². The molecule has 0 atom stereocenters. The number of benzene rings is 1. The molecular formula is C17H18N6O2. The van der Waals surface area contributed by atoms with Crippen LogP contribution in [0.2, 0.25) is 0 Å². The normalized spacial score (nSPS) is 10.7. The van der Waals surface area contributed by atoms with E-state index in [0.29, 0.717) is 6.54 Å². The first-order valence-electron chi connectivity index (χ1n) is 7.88. The summed E-state index contributed by atoms with van der Waals surface area (Å²) in [5.41, 5.74) is 2.20. The number of nitro groups is 1. The van der Waals surface area contributed by atoms with Gasteiger partial charge in [-0.1, -0.05) is 18.2 Å². The van der Waals surface area contributed by atoms with Crippen LogP contribution in [-0.4, -0.2) is 31.2 Å². The van der Waals surface area contributed by atoms with Crippen LogP contribution in [0.4, 0.5) is 17.2 Å². The molecule has 8 nitrogen and oxygen atoms in total. The molecule has 3 aromatic rings. The van der Waals surface area contributed by atoms with Crippen molar-refractivity contribution in [2.24, 2.45) is 0 Å². The Bertz CT molecular complexity index is 907. The van der Waals surface area contributed by atoms with E-state index in [0.717, 1.165) is 17.1 Å². The largest absolute Gasteiger partial charge is 0.356 e. The smallest absolute Gasteiger partial charge is 0.321 e. The van der Waals surface area contributed by atoms with Crippen LogP contribution < -0.4 is 4.90 Å². The molecule has 25 heavy (non-hydrogen) atoms. The average Bonchev–Trinajstić information content (AvgIpc) is 2.94. The summed E-state index contributed by atoms with van der Waals surface area (Å²) in [5.74, 6) is 0.409. The van der Waals surface area contributed by atoms with Gasteiger partial charge in [0.05, 0.1) is 10.6 Å². The van der Waals surface area contributed by atoms with Crippen molar-refractivity contribution in [1.29, 1.82) is 0 Å². The summed E-state index contributed by atoms with van der Waals surface area (Å²) >= 11 is 0. The summed E-state index contributed by atoms with van der Waals surface area (Å²) in [6.07, 6.45) is 1.33. The van der Waals surface area contributed by atoms with Crippen LogP contribution in [0, 0.1) is 24.0 Å². The van der Waals surface area contributed by atoms with E-state index in [2.05, 4.69) is 15.1 Å². The van der Waals surface area contributed by atoms with Crippen molar-refractivity contribution in [3.63, 3.8) is 0 Å². The Morgan fingerprint density at radius 2 is 1.92 bits per heavy atom. The molecule has 128 valence electrons. The second-order valence-corrected chi connectivity index (χ2v) is 5.55. The van der Waals surface area contributed by atoms with Crippen molar-refractivity contribution in [2.75, 3.05) is 11.4 Å². The summed E-state index contributed by atoms with van der Waals surface area (Å²) in [7, 11) is 0. The van der Waals surface area contributed by atoms with E-state index in [9.17, 15) is 10.1 Å². The third-order valence-corrected chi connectivity index (χ3v) is 3.82. The Kier molecular flexibility index (Phi) is 4.42. The van der Waals surface area contributed by atoms with Crippen molar-refractivity contribution in [2.45, 2.75) is 20.8 Å². The third kappa shape index (κ3) is 3.06. The Morgan fingerprint density at radius 1 is 1.20 bits per heavy atom. The predicted octanol–water partition coefficient (Wildman–Crippen LogP) is 3.35. The summed E-state index contributed by atoms with van der Waals surface area (Å²) in [5, 5.41) is 16.2. The zero-order chi connectivity index (χ0) is 18.0. The molecule has 0 aliphatic rings. The van der Waals surface area contributed by atoms with Crippen LogP contribution in [0.5, 0.6) is 0 Å². The highest BCUT2D eigenvalue weighted by Crippen LogP contribution is 2.34. The van der Waals surface area contributed by atoms with E-state index < -0.39 is 4.92 Å². The van der Waals surface area contributed by atoms with Crippen molar-refractivity contribution >= 4 is 17.2 Å². The van der Waals surface area contributed by atoms with Gasteiger partial charge in [0.15, 0.2) is 0 Å². The fourth-order valence-corrected chi connectivity index (χ4v) is 2.78. The molecule has 0 aliphatic carbocycles. The average molecular weight is 338 g/mol. The lowest BCUT2D eigenvalue weighted by Gasteiger charge is -2.22. The van der Waals surface area contributed by atoms with Crippen molar-refractivity contribution in [3.8, 4) is 5.82 Å². The lowest BCUT2D eigenvalue weighted by molar-refractivity contribution is -0.384. The van der Waals surface area contributed by atoms with Gasteiger partial charge < -0.3 is 4.90 Å². The number of rotatable bonds is 5. The van der Waals surface area contributed by atoms with Gasteiger partial charge in [-0.15, -0.1) is 0 Å². The topological polar surface area (TPSA) is 90.0 Å². The number of aromatic nitrogens is 4. The van der Waals surface area contributed by atoms with Crippen molar-refractivity contribution in [1.82, 2.24) is 19.7 Å². The minimum absolute atomic E-state index is 0.162. The number of para-hydroxylation sites is 1. The van der Waals surface area contributed by atoms with E-state index in [1.807, 2.05) is 57.2 Å². The summed E-state index contributed by atoms with van der Waals surface area (Å²) < 4.78 is 1.48. The molecule has 8 heteroatoms. The van der Waals surface area contributed by atoms with E-state index >= 15 is 0 Å². The number of hydrogen-bond donors (Lipinski definition) is 0. The highest BCUT2D eigenvalue weighted by atomic mass is 16.6. The molecule has 0 bridgehead atoms. The monoisotopic (exact) mass is 338 g/mol. The second-order valence-electron chi connectivity index (χ2n) is 5.55. The number of hydrogen-bond acceptors (Lipinski definition) is 6. The van der Waals surface area contributed by atoms with E-state index in [-0.39, 0.29) is 17.3 Å². The fraction of sp³-hybridized carbons (Fsp3) is 0.235. The van der Waals surface area contributed by atoms with Crippen molar-refractivity contribution in [3.05, 3.63) is 64.2 Å². The zero-order valence-electron chi connectivity index (χ0n) is 14.2. The molecule has 0 fully saturated rings. The maximum Gasteiger partial charge on any atom is 0.356 e. The molecule has 0 radical (unpaired) electrons. The van der Waals surface area contributed by atoms with Gasteiger partial charge in [0.1, 0.15) is 6.33 Å². The van der Waals surface area contributed by atoms with E-state index in [4.69, 9.17) is 0 Å². The molecule has 0 spiro atoms. The molecule has 0 saturated carbocycles. The number of anilines is 2. The first-order chi connectivity index (χ1) is 12.0. The summed E-state index contributed by atoms with van der Waals surface area (Å²) in [4.78, 5) is 21.5. The molecule has 2 aromatic heterocycles. The third-order valence-electron chi connectivity index (χ3n) is 3.82. The van der Waals surface area contributed by atoms with Gasteiger partial charge in [0.2, 0.25) is 11.6 Å². The summed E-state index contributed by atoms with van der Waals surface area (Å²) in [6, 6.07) is 11.3. The maximum atomic E-state index is 11.8. The van der Waals surface area contributed by atoms with Crippen LogP contribution in [0.15, 0.2) is 42.7 Å². The fourth-order valence-electron chi connectivity index (χ4n) is 2.78. The molecule has 1 aromatic carbocycles. The van der Waals surface area contributed by atoms with Crippen LogP contribution in [0.1, 0.15) is 18.3 Å². The Labute approximate surface area is 144 Å². The zero-order valence-corrected chi connectivity index (χ0v) is 14.2. The lowest BCUT2D eigenvalue weighted by Crippen LogP contribution is -2.20. The highest BCUT2D eigenvalue weighted by Gasteiger charge is 2.29. The molecule has 0 saturated heterocycles. The first kappa shape index (κ1) is 16.6. The van der Waals surface area contributed by atoms with Gasteiger partial charge in [-0.25, -0.2) is 14.6 Å². The molecule has 0 aliphatic heterocycles. The Hall–Kier alpha value is -3.29. The van der Waals surface area contributed by atoms with Crippen LogP contribution >= 0.6 is 0 Å². The number of aryl methyl sites for hydroxylation is 2. The first-order valence-corrected chi connectivity index (χ1v) is 7.88. The van der Waals surface area contributed by atoms with Crippen LogP contribution in [0.25, 0.3) is 5.82 Å². The molecular weight excluding hydrogens is 320 g/mol. The SMILES string of the molecule is CCN(c1ccccc1)c1ncnc(-n2nc(C)cc2C)c1[N+](=O)[O-]. The van der Waals surface area contributed by atoms with Gasteiger partial charge in [-0.2, -0.15) is 5.10 Å². The molecule has 0 amide bonds. The number of nitrogens with zero attached hydrogens (tertiary/aromatic N) is 6. The lowest BCUT2D eigenvalue weighted by atomic mass is 10.2. The van der Waals surface area contributed by atoms with Gasteiger partial charge in [0, 0.05) is 17.9 Å². The Morgan fingerprint density at radius 3 is 2.48 bits per heavy atom. The predicted molar refractivity (Wildman–Crippen MR) is 94.4 cm³/mol. The maximum absolute atomic E-state index is 11.8. The highest BCUT2D eigenvalue weighted by molar-refractivity contribution is 5.72. The standard InChI is InChI=1S/C17H18N6O2/c1-4-21(14-8-6-5-7-9-14)16-15(23(24)25)17(19-11-18-16)22-13(3)10-12(2)20-22/h5-11H,4H2,1-3H3. The quantitative estimate of drug-likeness (QED) is 0.523. The van der Waals surface area contributed by atoms with E-state index in [1.165, 1.54) is 11.0 Å². The molecule has 2 heterocycles. The minimum atomic E-state index is -0.452. The molecule has 3 rings (SSSR count). The molecule has 0 N–H and O–H groups in total.